The third kappa shape index (κ3) is 4.51. The molecule has 8 heteroatoms. The maximum absolute atomic E-state index is 14.3. The normalized spacial score (nSPS) is 28.5. The Balaban J connectivity index is 1.52. The van der Waals surface area contributed by atoms with Crippen molar-refractivity contribution in [3.8, 4) is 0 Å². The number of nitrogens with zero attached hydrogens (tertiary/aromatic N) is 1. The lowest BCUT2D eigenvalue weighted by atomic mass is 9.70. The first-order chi connectivity index (χ1) is 18.2. The molecule has 38 heavy (non-hydrogen) atoms. The number of hydrogen-bond acceptors (Lipinski definition) is 5. The zero-order valence-electron chi connectivity index (χ0n) is 22.4. The van der Waals surface area contributed by atoms with Crippen LogP contribution < -0.4 is 10.6 Å². The van der Waals surface area contributed by atoms with Crippen LogP contribution in [-0.2, 0) is 14.4 Å². The number of amides is 3. The molecule has 3 aliphatic rings. The molecule has 3 N–H and O–H groups in total. The second kappa shape index (κ2) is 10.4. The Morgan fingerprint density at radius 1 is 1.11 bits per heavy atom. The molecule has 2 unspecified atom stereocenters. The fourth-order valence-corrected chi connectivity index (χ4v) is 8.93. The molecular weight excluding hydrogens is 498 g/mol. The van der Waals surface area contributed by atoms with Crippen LogP contribution in [0.4, 0.5) is 11.4 Å². The largest absolute Gasteiger partial charge is 0.394 e. The summed E-state index contributed by atoms with van der Waals surface area (Å²) in [5.74, 6) is -1.51. The van der Waals surface area contributed by atoms with Gasteiger partial charge in [0.15, 0.2) is 0 Å². The second-order valence-corrected chi connectivity index (χ2v) is 13.0. The van der Waals surface area contributed by atoms with Crippen LogP contribution in [0.1, 0.15) is 44.2 Å². The van der Waals surface area contributed by atoms with Gasteiger partial charge in [-0.05, 0) is 68.4 Å². The SMILES string of the molecule is Cc1ccc(C)c(NC(=O)C2N([C@@H](CO)CC(C)C)C(=O)[C@@H]3[C@H](C(=O)Nc4ccccc4)[C@@H]4CCC23S4)c1. The number of rotatable bonds is 8. The van der Waals surface area contributed by atoms with Crippen molar-refractivity contribution in [2.24, 2.45) is 17.8 Å². The Bertz CT molecular complexity index is 1240. The van der Waals surface area contributed by atoms with Gasteiger partial charge in [-0.1, -0.05) is 44.2 Å². The summed E-state index contributed by atoms with van der Waals surface area (Å²) in [6.45, 7) is 7.79. The minimum absolute atomic E-state index is 0.0245. The molecule has 6 atom stereocenters. The molecule has 7 nitrogen and oxygen atoms in total. The predicted molar refractivity (Wildman–Crippen MR) is 151 cm³/mol. The number of aliphatic hydroxyl groups is 1. The topological polar surface area (TPSA) is 98.7 Å². The van der Waals surface area contributed by atoms with Gasteiger partial charge in [-0.25, -0.2) is 0 Å². The quantitative estimate of drug-likeness (QED) is 0.466. The van der Waals surface area contributed by atoms with Crippen molar-refractivity contribution in [2.45, 2.75) is 69.0 Å². The monoisotopic (exact) mass is 535 g/mol. The lowest BCUT2D eigenvalue weighted by Crippen LogP contribution is -2.55. The van der Waals surface area contributed by atoms with Gasteiger partial charge < -0.3 is 20.6 Å². The number of nitrogens with one attached hydrogen (secondary N) is 2. The highest BCUT2D eigenvalue weighted by Gasteiger charge is 2.74. The Labute approximate surface area is 228 Å². The van der Waals surface area contributed by atoms with E-state index in [-0.39, 0.29) is 35.5 Å². The van der Waals surface area contributed by atoms with Crippen molar-refractivity contribution < 1.29 is 19.5 Å². The maximum Gasteiger partial charge on any atom is 0.248 e. The van der Waals surface area contributed by atoms with Crippen molar-refractivity contribution in [3.05, 3.63) is 59.7 Å². The van der Waals surface area contributed by atoms with Crippen molar-refractivity contribution in [1.29, 1.82) is 0 Å². The summed E-state index contributed by atoms with van der Waals surface area (Å²) in [5.41, 5.74) is 3.39. The third-order valence-corrected chi connectivity index (χ3v) is 10.3. The van der Waals surface area contributed by atoms with Crippen LogP contribution in [0, 0.1) is 31.6 Å². The molecule has 202 valence electrons. The lowest BCUT2D eigenvalue weighted by molar-refractivity contribution is -0.141. The molecule has 3 saturated heterocycles. The number of carbonyl (C=O) groups is 3. The molecule has 3 aliphatic heterocycles. The summed E-state index contributed by atoms with van der Waals surface area (Å²) in [7, 11) is 0. The fraction of sp³-hybridized carbons (Fsp3) is 0.500. The molecule has 2 aromatic carbocycles. The summed E-state index contributed by atoms with van der Waals surface area (Å²) in [4.78, 5) is 43.6. The van der Waals surface area contributed by atoms with E-state index in [4.69, 9.17) is 0 Å². The van der Waals surface area contributed by atoms with Crippen molar-refractivity contribution in [3.63, 3.8) is 0 Å². The fourth-order valence-electron chi connectivity index (χ4n) is 6.72. The minimum Gasteiger partial charge on any atom is -0.394 e. The van der Waals surface area contributed by atoms with Crippen LogP contribution >= 0.6 is 11.8 Å². The summed E-state index contributed by atoms with van der Waals surface area (Å²) in [6.07, 6.45) is 2.04. The highest BCUT2D eigenvalue weighted by atomic mass is 32.2. The number of carbonyl (C=O) groups excluding carboxylic acids is 3. The predicted octanol–water partition coefficient (Wildman–Crippen LogP) is 4.38. The number of thioether (sulfide) groups is 1. The van der Waals surface area contributed by atoms with Crippen LogP contribution in [0.3, 0.4) is 0 Å². The van der Waals surface area contributed by atoms with Crippen LogP contribution in [-0.4, -0.2) is 56.4 Å². The van der Waals surface area contributed by atoms with Gasteiger partial charge in [0.1, 0.15) is 6.04 Å². The van der Waals surface area contributed by atoms with Crippen molar-refractivity contribution in [1.82, 2.24) is 4.90 Å². The average molecular weight is 536 g/mol. The molecule has 3 fully saturated rings. The van der Waals surface area contributed by atoms with Crippen LogP contribution in [0.2, 0.25) is 0 Å². The van der Waals surface area contributed by atoms with Crippen molar-refractivity contribution in [2.75, 3.05) is 17.2 Å². The van der Waals surface area contributed by atoms with E-state index in [2.05, 4.69) is 10.6 Å². The molecule has 0 aromatic heterocycles. The van der Waals surface area contributed by atoms with Crippen molar-refractivity contribution >= 4 is 40.9 Å². The van der Waals surface area contributed by atoms with E-state index in [1.807, 2.05) is 76.2 Å². The van der Waals surface area contributed by atoms with E-state index in [0.29, 0.717) is 18.5 Å². The number of aliphatic hydroxyl groups excluding tert-OH is 1. The Kier molecular flexibility index (Phi) is 7.31. The number of hydrogen-bond donors (Lipinski definition) is 3. The summed E-state index contributed by atoms with van der Waals surface area (Å²) >= 11 is 1.64. The highest BCUT2D eigenvalue weighted by Crippen LogP contribution is 2.66. The van der Waals surface area contributed by atoms with Crippen LogP contribution in [0.5, 0.6) is 0 Å². The molecule has 3 heterocycles. The van der Waals surface area contributed by atoms with Gasteiger partial charge >= 0.3 is 0 Å². The van der Waals surface area contributed by atoms with Gasteiger partial charge in [0.25, 0.3) is 0 Å². The molecule has 3 amide bonds. The van der Waals surface area contributed by atoms with Gasteiger partial charge in [-0.15, -0.1) is 11.8 Å². The van der Waals surface area contributed by atoms with E-state index in [1.165, 1.54) is 0 Å². The number of fused-ring (bicyclic) bond motifs is 1. The van der Waals surface area contributed by atoms with E-state index in [1.54, 1.807) is 16.7 Å². The highest BCUT2D eigenvalue weighted by molar-refractivity contribution is 8.02. The van der Waals surface area contributed by atoms with E-state index in [9.17, 15) is 19.5 Å². The zero-order chi connectivity index (χ0) is 27.2. The standard InChI is InChI=1S/C30H37N3O4S/c1-17(2)14-21(16-34)33-26(28(36)32-22-15-18(3)10-11-19(22)4)30-13-12-23(38-30)24(25(30)29(33)37)27(35)31-20-8-6-5-7-9-20/h5-11,15,17,21,23-26,34H,12-14,16H2,1-4H3,(H,31,35)(H,32,36)/t21-,23+,24-,25+,26?,30?/m1/s1. The van der Waals surface area contributed by atoms with E-state index >= 15 is 0 Å². The maximum atomic E-state index is 14.3. The third-order valence-electron chi connectivity index (χ3n) is 8.33. The Morgan fingerprint density at radius 3 is 2.53 bits per heavy atom. The van der Waals surface area contributed by atoms with Gasteiger partial charge in [0.2, 0.25) is 17.7 Å². The summed E-state index contributed by atoms with van der Waals surface area (Å²) in [6, 6.07) is 13.9. The first kappa shape index (κ1) is 26.8. The average Bonchev–Trinajstić information content (AvgIpc) is 3.52. The van der Waals surface area contributed by atoms with Gasteiger partial charge in [-0.3, -0.25) is 14.4 Å². The number of para-hydroxylation sites is 1. The zero-order valence-corrected chi connectivity index (χ0v) is 23.3. The molecule has 2 bridgehead atoms. The van der Waals surface area contributed by atoms with Crippen LogP contribution in [0.25, 0.3) is 0 Å². The molecule has 2 aromatic rings. The molecule has 1 spiro atoms. The molecule has 5 rings (SSSR count). The molecule has 0 radical (unpaired) electrons. The second-order valence-electron chi connectivity index (χ2n) is 11.4. The van der Waals surface area contributed by atoms with E-state index in [0.717, 1.165) is 23.2 Å². The smallest absolute Gasteiger partial charge is 0.248 e. The summed E-state index contributed by atoms with van der Waals surface area (Å²) < 4.78 is -0.702. The number of likely N-dealkylation sites (tertiary alicyclic amines) is 1. The van der Waals surface area contributed by atoms with Gasteiger partial charge in [0, 0.05) is 16.6 Å². The number of anilines is 2. The summed E-state index contributed by atoms with van der Waals surface area (Å²) in [5, 5.41) is 16.5. The van der Waals surface area contributed by atoms with Gasteiger partial charge in [0.05, 0.1) is 29.2 Å². The first-order valence-corrected chi connectivity index (χ1v) is 14.4. The van der Waals surface area contributed by atoms with Crippen LogP contribution in [0.15, 0.2) is 48.5 Å². The Morgan fingerprint density at radius 2 is 1.84 bits per heavy atom. The lowest BCUT2D eigenvalue weighted by Gasteiger charge is -2.37. The van der Waals surface area contributed by atoms with Gasteiger partial charge in [-0.2, -0.15) is 0 Å². The molecule has 0 saturated carbocycles. The number of aryl methyl sites for hydroxylation is 2. The number of benzene rings is 2. The first-order valence-electron chi connectivity index (χ1n) is 13.5. The van der Waals surface area contributed by atoms with E-state index < -0.39 is 28.7 Å². The minimum atomic E-state index is -0.764. The molecular formula is C30H37N3O4S. The Hall–Kier alpha value is -2.84. The molecule has 0 aliphatic carbocycles.